The molecule has 0 aliphatic carbocycles. The Morgan fingerprint density at radius 1 is 1.23 bits per heavy atom. The lowest BCUT2D eigenvalue weighted by Gasteiger charge is -2.24. The molecule has 0 fully saturated rings. The van der Waals surface area contributed by atoms with Crippen molar-refractivity contribution in [3.8, 4) is 11.3 Å². The van der Waals surface area contributed by atoms with Gasteiger partial charge in [-0.3, -0.25) is 14.3 Å². The van der Waals surface area contributed by atoms with Crippen LogP contribution in [-0.4, -0.2) is 44.5 Å². The maximum atomic E-state index is 13.4. The summed E-state index contributed by atoms with van der Waals surface area (Å²) in [6, 6.07) is 13.2. The topological polar surface area (TPSA) is 116 Å². The number of aromatic nitrogens is 2. The molecule has 2 heterocycles. The summed E-state index contributed by atoms with van der Waals surface area (Å²) in [7, 11) is 0. The molecule has 9 heteroatoms. The number of hydrogen-bond donors (Lipinski definition) is 4. The largest absolute Gasteiger partial charge is 0.394 e. The van der Waals surface area contributed by atoms with Crippen molar-refractivity contribution in [2.24, 2.45) is 0 Å². The molecular formula is C26H27FN4O4. The van der Waals surface area contributed by atoms with E-state index in [1.165, 1.54) is 18.3 Å². The van der Waals surface area contributed by atoms with Gasteiger partial charge < -0.3 is 20.8 Å². The van der Waals surface area contributed by atoms with E-state index in [1.807, 2.05) is 38.1 Å². The first-order chi connectivity index (χ1) is 16.7. The lowest BCUT2D eigenvalue weighted by atomic mass is 9.86. The fourth-order valence-corrected chi connectivity index (χ4v) is 4.03. The van der Waals surface area contributed by atoms with Crippen LogP contribution in [0.1, 0.15) is 29.2 Å². The number of anilines is 1. The van der Waals surface area contributed by atoms with E-state index in [0.717, 1.165) is 16.8 Å². The number of aliphatic hydroxyl groups excluding tert-OH is 2. The Labute approximate surface area is 202 Å². The van der Waals surface area contributed by atoms with E-state index in [9.17, 15) is 19.1 Å². The van der Waals surface area contributed by atoms with Crippen LogP contribution in [0.15, 0.2) is 60.3 Å². The van der Waals surface area contributed by atoms with Gasteiger partial charge in [0.1, 0.15) is 5.82 Å². The zero-order valence-electron chi connectivity index (χ0n) is 19.5. The highest BCUT2D eigenvalue weighted by atomic mass is 19.1. The number of rotatable bonds is 7. The average molecular weight is 479 g/mol. The number of benzene rings is 2. The molecule has 182 valence electrons. The molecule has 3 aromatic rings. The number of aliphatic hydroxyl groups is 2. The third kappa shape index (κ3) is 5.47. The number of hydrogen-bond acceptors (Lipinski definition) is 5. The Balaban J connectivity index is 1.59. The molecular weight excluding hydrogens is 451 g/mol. The van der Waals surface area contributed by atoms with Crippen molar-refractivity contribution in [1.29, 1.82) is 0 Å². The molecule has 0 saturated heterocycles. The second-order valence-electron chi connectivity index (χ2n) is 8.65. The van der Waals surface area contributed by atoms with Gasteiger partial charge >= 0.3 is 0 Å². The van der Waals surface area contributed by atoms with Gasteiger partial charge in [-0.25, -0.2) is 4.39 Å². The van der Waals surface area contributed by atoms with Crippen LogP contribution in [0.3, 0.4) is 0 Å². The molecule has 35 heavy (non-hydrogen) atoms. The van der Waals surface area contributed by atoms with Gasteiger partial charge in [-0.05, 0) is 49.2 Å². The number of aryl methyl sites for hydroxylation is 2. The normalized spacial score (nSPS) is 16.4. The van der Waals surface area contributed by atoms with Gasteiger partial charge in [0.25, 0.3) is 5.91 Å². The van der Waals surface area contributed by atoms with Crippen molar-refractivity contribution >= 4 is 17.5 Å². The van der Waals surface area contributed by atoms with Gasteiger partial charge in [0, 0.05) is 41.1 Å². The Morgan fingerprint density at radius 3 is 2.69 bits per heavy atom. The molecule has 0 unspecified atom stereocenters. The third-order valence-electron chi connectivity index (χ3n) is 6.05. The summed E-state index contributed by atoms with van der Waals surface area (Å²) in [5.41, 5.74) is 4.74. The molecule has 4 rings (SSSR count). The standard InChI is InChI=1S/C26H27FN4O4/c1-15-3-4-18(24-9-16(2)31(30-24)13-20(33)14-32)10-23(15)29-26(35)22-12-28-25(34)11-21(22)17-5-7-19(27)8-6-17/h3-10,12,20-21,32-33H,11,13-14H2,1-2H3,(H,28,34)(H,29,35)/t20-,21+/m1/s1. The van der Waals surface area contributed by atoms with Crippen LogP contribution in [0.25, 0.3) is 11.3 Å². The minimum Gasteiger partial charge on any atom is -0.394 e. The monoisotopic (exact) mass is 478 g/mol. The highest BCUT2D eigenvalue weighted by Gasteiger charge is 2.29. The number of nitrogens with one attached hydrogen (secondary N) is 2. The predicted molar refractivity (Wildman–Crippen MR) is 129 cm³/mol. The highest BCUT2D eigenvalue weighted by molar-refractivity contribution is 6.07. The summed E-state index contributed by atoms with van der Waals surface area (Å²) in [5.74, 6) is -1.47. The Kier molecular flexibility index (Phi) is 7.09. The predicted octanol–water partition coefficient (Wildman–Crippen LogP) is 2.79. The van der Waals surface area contributed by atoms with Crippen LogP contribution >= 0.6 is 0 Å². The molecule has 1 aliphatic heterocycles. The molecule has 0 spiro atoms. The second-order valence-corrected chi connectivity index (χ2v) is 8.65. The second kappa shape index (κ2) is 10.2. The molecule has 2 amide bonds. The fourth-order valence-electron chi connectivity index (χ4n) is 4.03. The summed E-state index contributed by atoms with van der Waals surface area (Å²) in [5, 5.41) is 28.9. The van der Waals surface area contributed by atoms with Gasteiger partial charge in [-0.2, -0.15) is 5.10 Å². The zero-order valence-corrected chi connectivity index (χ0v) is 19.5. The summed E-state index contributed by atoms with van der Waals surface area (Å²) in [6.45, 7) is 3.54. The molecule has 4 N–H and O–H groups in total. The molecule has 2 aromatic carbocycles. The first kappa shape index (κ1) is 24.3. The first-order valence-corrected chi connectivity index (χ1v) is 11.3. The highest BCUT2D eigenvalue weighted by Crippen LogP contribution is 2.32. The van der Waals surface area contributed by atoms with E-state index in [-0.39, 0.29) is 37.2 Å². The molecule has 1 aromatic heterocycles. The lowest BCUT2D eigenvalue weighted by molar-refractivity contribution is -0.121. The first-order valence-electron chi connectivity index (χ1n) is 11.3. The maximum absolute atomic E-state index is 13.4. The number of nitrogens with zero attached hydrogens (tertiary/aromatic N) is 2. The number of halogens is 1. The summed E-state index contributed by atoms with van der Waals surface area (Å²) in [6.07, 6.45) is 0.583. The van der Waals surface area contributed by atoms with Gasteiger partial charge in [0.2, 0.25) is 5.91 Å². The number of carbonyl (C=O) groups excluding carboxylic acids is 2. The van der Waals surface area contributed by atoms with Crippen LogP contribution in [0, 0.1) is 19.7 Å². The summed E-state index contributed by atoms with van der Waals surface area (Å²) in [4.78, 5) is 25.3. The third-order valence-corrected chi connectivity index (χ3v) is 6.05. The zero-order chi connectivity index (χ0) is 25.1. The Bertz CT molecular complexity index is 1280. The maximum Gasteiger partial charge on any atom is 0.253 e. The quantitative estimate of drug-likeness (QED) is 0.417. The van der Waals surface area contributed by atoms with E-state index in [2.05, 4.69) is 15.7 Å². The van der Waals surface area contributed by atoms with Crippen molar-refractivity contribution in [3.05, 3.63) is 82.9 Å². The lowest BCUT2D eigenvalue weighted by Crippen LogP contribution is -2.32. The van der Waals surface area contributed by atoms with Crippen molar-refractivity contribution in [3.63, 3.8) is 0 Å². The van der Waals surface area contributed by atoms with E-state index >= 15 is 0 Å². The SMILES string of the molecule is Cc1ccc(-c2cc(C)n(C[C@@H](O)CO)n2)cc1NC(=O)C1=CNC(=O)C[C@H]1c1ccc(F)cc1. The van der Waals surface area contributed by atoms with Crippen LogP contribution < -0.4 is 10.6 Å². The average Bonchev–Trinajstić information content (AvgIpc) is 3.20. The van der Waals surface area contributed by atoms with E-state index in [1.54, 1.807) is 16.8 Å². The van der Waals surface area contributed by atoms with Crippen LogP contribution in [0.2, 0.25) is 0 Å². The Hall–Kier alpha value is -3.82. The van der Waals surface area contributed by atoms with E-state index < -0.39 is 12.0 Å². The summed E-state index contributed by atoms with van der Waals surface area (Å²) >= 11 is 0. The van der Waals surface area contributed by atoms with Crippen LogP contribution in [-0.2, 0) is 16.1 Å². The van der Waals surface area contributed by atoms with Crippen LogP contribution in [0.4, 0.5) is 10.1 Å². The smallest absolute Gasteiger partial charge is 0.253 e. The van der Waals surface area contributed by atoms with Crippen LogP contribution in [0.5, 0.6) is 0 Å². The molecule has 8 nitrogen and oxygen atoms in total. The van der Waals surface area contributed by atoms with Crippen molar-refractivity contribution in [2.45, 2.75) is 38.8 Å². The van der Waals surface area contributed by atoms with Crippen molar-refractivity contribution < 1.29 is 24.2 Å². The molecule has 2 atom stereocenters. The minimum atomic E-state index is -0.910. The van der Waals surface area contributed by atoms with Crippen molar-refractivity contribution in [1.82, 2.24) is 15.1 Å². The summed E-state index contributed by atoms with van der Waals surface area (Å²) < 4.78 is 15.0. The van der Waals surface area contributed by atoms with Gasteiger partial charge in [-0.1, -0.05) is 24.3 Å². The molecule has 0 radical (unpaired) electrons. The van der Waals surface area contributed by atoms with Gasteiger partial charge in [0.05, 0.1) is 24.9 Å². The Morgan fingerprint density at radius 2 is 1.97 bits per heavy atom. The number of amides is 2. The molecule has 0 bridgehead atoms. The minimum absolute atomic E-state index is 0.0836. The molecule has 0 saturated carbocycles. The van der Waals surface area contributed by atoms with Crippen molar-refractivity contribution in [2.75, 3.05) is 11.9 Å². The fraction of sp³-hybridized carbons (Fsp3) is 0.269. The number of carbonyl (C=O) groups is 2. The van der Waals surface area contributed by atoms with E-state index in [0.29, 0.717) is 22.5 Å². The van der Waals surface area contributed by atoms with E-state index in [4.69, 9.17) is 5.11 Å². The van der Waals surface area contributed by atoms with Gasteiger partial charge in [0.15, 0.2) is 0 Å². The van der Waals surface area contributed by atoms with Gasteiger partial charge in [-0.15, -0.1) is 0 Å². The molecule has 1 aliphatic rings.